The molecule has 1 heterocycles. The minimum atomic E-state index is -3.70. The summed E-state index contributed by atoms with van der Waals surface area (Å²) in [6, 6.07) is 7.20. The minimum Gasteiger partial charge on any atom is -0.497 e. The van der Waals surface area contributed by atoms with E-state index in [4.69, 9.17) is 4.74 Å². The molecule has 1 aliphatic rings. The van der Waals surface area contributed by atoms with Crippen LogP contribution < -0.4 is 4.74 Å². The zero-order valence-electron chi connectivity index (χ0n) is 14.0. The first-order valence-electron chi connectivity index (χ1n) is 7.64. The number of carbonyl (C=O) groups is 1. The van der Waals surface area contributed by atoms with Gasteiger partial charge in [0.05, 0.1) is 7.11 Å². The number of sulfonamides is 1. The lowest BCUT2D eigenvalue weighted by Crippen LogP contribution is -2.44. The highest BCUT2D eigenvalue weighted by molar-refractivity contribution is 7.90. The molecule has 2 rings (SSSR count). The summed E-state index contributed by atoms with van der Waals surface area (Å²) in [5, 5.41) is -1.08. The number of amides is 1. The molecule has 2 unspecified atom stereocenters. The van der Waals surface area contributed by atoms with Crippen LogP contribution in [-0.4, -0.2) is 56.5 Å². The van der Waals surface area contributed by atoms with Crippen LogP contribution in [-0.2, 0) is 14.8 Å². The molecule has 0 N–H and O–H groups in total. The normalized spacial score (nSPS) is 20.3. The van der Waals surface area contributed by atoms with Crippen molar-refractivity contribution in [2.45, 2.75) is 31.1 Å². The SMILES string of the molecule is COc1cccc(C2CCCN2S(=O)(=O)C(C)C(=O)N(C)C)c1. The third-order valence-electron chi connectivity index (χ3n) is 4.24. The van der Waals surface area contributed by atoms with Crippen LogP contribution in [0.5, 0.6) is 5.75 Å². The topological polar surface area (TPSA) is 66.9 Å². The van der Waals surface area contributed by atoms with Crippen LogP contribution in [0.15, 0.2) is 24.3 Å². The maximum atomic E-state index is 12.9. The van der Waals surface area contributed by atoms with Gasteiger partial charge in [0.25, 0.3) is 0 Å². The zero-order chi connectivity index (χ0) is 17.2. The number of rotatable bonds is 5. The summed E-state index contributed by atoms with van der Waals surface area (Å²) >= 11 is 0. The fraction of sp³-hybridized carbons (Fsp3) is 0.562. The van der Waals surface area contributed by atoms with Crippen molar-refractivity contribution in [3.05, 3.63) is 29.8 Å². The number of methoxy groups -OCH3 is 1. The van der Waals surface area contributed by atoms with Gasteiger partial charge >= 0.3 is 0 Å². The van der Waals surface area contributed by atoms with E-state index in [0.717, 1.165) is 18.4 Å². The Morgan fingerprint density at radius 3 is 2.70 bits per heavy atom. The predicted molar refractivity (Wildman–Crippen MR) is 88.8 cm³/mol. The fourth-order valence-corrected chi connectivity index (χ4v) is 4.76. The van der Waals surface area contributed by atoms with Crippen LogP contribution >= 0.6 is 0 Å². The maximum absolute atomic E-state index is 12.9. The first kappa shape index (κ1) is 17.7. The van der Waals surface area contributed by atoms with Crippen molar-refractivity contribution < 1.29 is 17.9 Å². The van der Waals surface area contributed by atoms with Gasteiger partial charge in [0.15, 0.2) is 5.25 Å². The Balaban J connectivity index is 2.32. The minimum absolute atomic E-state index is 0.243. The molecule has 2 atom stereocenters. The molecule has 1 aliphatic heterocycles. The Morgan fingerprint density at radius 1 is 1.39 bits per heavy atom. The van der Waals surface area contributed by atoms with E-state index < -0.39 is 21.2 Å². The van der Waals surface area contributed by atoms with Crippen molar-refractivity contribution in [3.63, 3.8) is 0 Å². The first-order chi connectivity index (χ1) is 10.8. The molecule has 0 bridgehead atoms. The van der Waals surface area contributed by atoms with Gasteiger partial charge in [-0.25, -0.2) is 8.42 Å². The van der Waals surface area contributed by atoms with Gasteiger partial charge in [-0.2, -0.15) is 4.31 Å². The monoisotopic (exact) mass is 340 g/mol. The van der Waals surface area contributed by atoms with Crippen LogP contribution in [0.3, 0.4) is 0 Å². The van der Waals surface area contributed by atoms with Gasteiger partial charge in [-0.15, -0.1) is 0 Å². The summed E-state index contributed by atoms with van der Waals surface area (Å²) in [4.78, 5) is 13.4. The van der Waals surface area contributed by atoms with Gasteiger partial charge in [-0.1, -0.05) is 12.1 Å². The molecule has 6 nitrogen and oxygen atoms in total. The van der Waals surface area contributed by atoms with E-state index in [1.165, 1.54) is 16.1 Å². The lowest BCUT2D eigenvalue weighted by Gasteiger charge is -2.28. The van der Waals surface area contributed by atoms with Crippen molar-refractivity contribution in [2.24, 2.45) is 0 Å². The molecule has 0 aromatic heterocycles. The van der Waals surface area contributed by atoms with Crippen molar-refractivity contribution in [1.82, 2.24) is 9.21 Å². The molecular formula is C16H24N2O4S. The molecule has 1 aromatic carbocycles. The van der Waals surface area contributed by atoms with Crippen LogP contribution in [0.4, 0.5) is 0 Å². The van der Waals surface area contributed by atoms with E-state index in [2.05, 4.69) is 0 Å². The Hall–Kier alpha value is -1.60. The Labute approximate surface area is 138 Å². The smallest absolute Gasteiger partial charge is 0.241 e. The molecule has 0 aliphatic carbocycles. The van der Waals surface area contributed by atoms with Gasteiger partial charge in [0, 0.05) is 26.7 Å². The summed E-state index contributed by atoms with van der Waals surface area (Å²) in [6.07, 6.45) is 1.53. The molecule has 1 fully saturated rings. The molecule has 1 saturated heterocycles. The molecular weight excluding hydrogens is 316 g/mol. The second-order valence-corrected chi connectivity index (χ2v) is 8.17. The van der Waals surface area contributed by atoms with E-state index in [9.17, 15) is 13.2 Å². The van der Waals surface area contributed by atoms with E-state index >= 15 is 0 Å². The van der Waals surface area contributed by atoms with Crippen LogP contribution in [0, 0.1) is 0 Å². The lowest BCUT2D eigenvalue weighted by molar-refractivity contribution is -0.128. The maximum Gasteiger partial charge on any atom is 0.241 e. The lowest BCUT2D eigenvalue weighted by atomic mass is 10.1. The second-order valence-electron chi connectivity index (χ2n) is 5.97. The highest BCUT2D eigenvalue weighted by Gasteiger charge is 2.41. The third-order valence-corrected chi connectivity index (χ3v) is 6.43. The molecule has 1 aromatic rings. The predicted octanol–water partition coefficient (Wildman–Crippen LogP) is 1.64. The van der Waals surface area contributed by atoms with Crippen molar-refractivity contribution in [1.29, 1.82) is 0 Å². The van der Waals surface area contributed by atoms with E-state index in [1.54, 1.807) is 21.2 Å². The number of hydrogen-bond acceptors (Lipinski definition) is 4. The first-order valence-corrected chi connectivity index (χ1v) is 9.15. The largest absolute Gasteiger partial charge is 0.497 e. The highest BCUT2D eigenvalue weighted by Crippen LogP contribution is 2.36. The summed E-state index contributed by atoms with van der Waals surface area (Å²) < 4.78 is 32.4. The van der Waals surface area contributed by atoms with E-state index in [0.29, 0.717) is 12.3 Å². The molecule has 1 amide bonds. The van der Waals surface area contributed by atoms with Crippen molar-refractivity contribution in [3.8, 4) is 5.75 Å². The fourth-order valence-electron chi connectivity index (χ4n) is 2.92. The van der Waals surface area contributed by atoms with Crippen LogP contribution in [0.25, 0.3) is 0 Å². The average Bonchev–Trinajstić information content (AvgIpc) is 3.03. The van der Waals surface area contributed by atoms with Gasteiger partial charge in [0.1, 0.15) is 5.75 Å². The molecule has 128 valence electrons. The number of benzene rings is 1. The van der Waals surface area contributed by atoms with Crippen LogP contribution in [0.1, 0.15) is 31.4 Å². The Kier molecular flexibility index (Phi) is 5.31. The summed E-state index contributed by atoms with van der Waals surface area (Å²) in [5.41, 5.74) is 0.898. The van der Waals surface area contributed by atoms with E-state index in [1.807, 2.05) is 24.3 Å². The van der Waals surface area contributed by atoms with Crippen molar-refractivity contribution in [2.75, 3.05) is 27.7 Å². The Bertz CT molecular complexity index is 672. The standard InChI is InChI=1S/C16H24N2O4S/c1-12(16(19)17(2)3)23(20,21)18-10-6-9-15(18)13-7-5-8-14(11-13)22-4/h5,7-8,11-12,15H,6,9-10H2,1-4H3. The van der Waals surface area contributed by atoms with Gasteiger partial charge in [-0.3, -0.25) is 4.79 Å². The number of ether oxygens (including phenoxy) is 1. The van der Waals surface area contributed by atoms with Gasteiger partial charge in [-0.05, 0) is 37.5 Å². The third kappa shape index (κ3) is 3.50. The van der Waals surface area contributed by atoms with Gasteiger partial charge < -0.3 is 9.64 Å². The molecule has 0 radical (unpaired) electrons. The summed E-state index contributed by atoms with van der Waals surface area (Å²) in [7, 11) is 1.02. The average molecular weight is 340 g/mol. The van der Waals surface area contributed by atoms with Crippen LogP contribution in [0.2, 0.25) is 0 Å². The highest BCUT2D eigenvalue weighted by atomic mass is 32.2. The second kappa shape index (κ2) is 6.88. The molecule has 23 heavy (non-hydrogen) atoms. The number of carbonyl (C=O) groups excluding carboxylic acids is 1. The number of nitrogens with zero attached hydrogens (tertiary/aromatic N) is 2. The molecule has 0 saturated carbocycles. The summed E-state index contributed by atoms with van der Waals surface area (Å²) in [6.45, 7) is 1.90. The van der Waals surface area contributed by atoms with Crippen molar-refractivity contribution >= 4 is 15.9 Å². The summed E-state index contributed by atoms with van der Waals surface area (Å²) in [5.74, 6) is 0.297. The van der Waals surface area contributed by atoms with Gasteiger partial charge in [0.2, 0.25) is 15.9 Å². The Morgan fingerprint density at radius 2 is 2.09 bits per heavy atom. The zero-order valence-corrected chi connectivity index (χ0v) is 14.8. The number of hydrogen-bond donors (Lipinski definition) is 0. The van der Waals surface area contributed by atoms with E-state index in [-0.39, 0.29) is 6.04 Å². The quantitative estimate of drug-likeness (QED) is 0.817. The molecule has 0 spiro atoms. The molecule has 7 heteroatoms.